The molecule has 1 aliphatic heterocycles. The number of hydrogen-bond acceptors (Lipinski definition) is 4. The molecule has 2 amide bonds. The summed E-state index contributed by atoms with van der Waals surface area (Å²) in [6.45, 7) is 0.548. The van der Waals surface area contributed by atoms with Crippen molar-refractivity contribution in [3.63, 3.8) is 0 Å². The Morgan fingerprint density at radius 1 is 1.29 bits per heavy atom. The van der Waals surface area contributed by atoms with Crippen LogP contribution in [0.4, 0.5) is 10.5 Å². The molecule has 1 saturated heterocycles. The summed E-state index contributed by atoms with van der Waals surface area (Å²) >= 11 is 0. The Kier molecular flexibility index (Phi) is 4.05. The van der Waals surface area contributed by atoms with Gasteiger partial charge in [0, 0.05) is 18.8 Å². The standard InChI is InChI=1S/C14H12N4O3/c15-6-9-1-2-12(5-11(9)7-16)17-14(21)18-4-3-10(8-18)13(19)20/h1-2,5,10H,3-4,8H2,(H,17,21)(H,19,20). The second-order valence-electron chi connectivity index (χ2n) is 4.68. The molecule has 1 unspecified atom stereocenters. The van der Waals surface area contributed by atoms with Gasteiger partial charge in [0.15, 0.2) is 0 Å². The molecule has 1 atom stereocenters. The minimum atomic E-state index is -0.907. The van der Waals surface area contributed by atoms with E-state index in [9.17, 15) is 9.59 Å². The number of amides is 2. The predicted octanol–water partition coefficient (Wildman–Crippen LogP) is 1.37. The van der Waals surface area contributed by atoms with Gasteiger partial charge in [0.1, 0.15) is 12.1 Å². The summed E-state index contributed by atoms with van der Waals surface area (Å²) in [6.07, 6.45) is 0.430. The molecule has 7 heteroatoms. The normalized spacial score (nSPS) is 16.9. The van der Waals surface area contributed by atoms with Crippen molar-refractivity contribution in [2.75, 3.05) is 18.4 Å². The average molecular weight is 284 g/mol. The summed E-state index contributed by atoms with van der Waals surface area (Å²) < 4.78 is 0. The van der Waals surface area contributed by atoms with Gasteiger partial charge in [-0.25, -0.2) is 4.79 Å². The fourth-order valence-electron chi connectivity index (χ4n) is 2.16. The van der Waals surface area contributed by atoms with E-state index in [1.807, 2.05) is 12.1 Å². The second kappa shape index (κ2) is 5.93. The van der Waals surface area contributed by atoms with Crippen LogP contribution in [-0.4, -0.2) is 35.1 Å². The largest absolute Gasteiger partial charge is 0.481 e. The third-order valence-electron chi connectivity index (χ3n) is 3.34. The van der Waals surface area contributed by atoms with Gasteiger partial charge >= 0.3 is 12.0 Å². The highest BCUT2D eigenvalue weighted by Crippen LogP contribution is 2.19. The first-order chi connectivity index (χ1) is 10.0. The number of benzene rings is 1. The van der Waals surface area contributed by atoms with Crippen molar-refractivity contribution in [2.24, 2.45) is 5.92 Å². The molecule has 1 aromatic rings. The molecule has 1 aliphatic rings. The van der Waals surface area contributed by atoms with Crippen LogP contribution in [0, 0.1) is 28.6 Å². The van der Waals surface area contributed by atoms with Crippen molar-refractivity contribution in [1.82, 2.24) is 4.90 Å². The molecule has 7 nitrogen and oxygen atoms in total. The molecular weight excluding hydrogens is 272 g/mol. The molecule has 0 aromatic heterocycles. The number of carbonyl (C=O) groups excluding carboxylic acids is 1. The number of anilines is 1. The number of nitrogens with one attached hydrogen (secondary N) is 1. The molecule has 2 rings (SSSR count). The Balaban J connectivity index is 2.06. The first-order valence-electron chi connectivity index (χ1n) is 6.28. The molecule has 0 radical (unpaired) electrons. The molecule has 106 valence electrons. The van der Waals surface area contributed by atoms with Gasteiger partial charge in [-0.3, -0.25) is 4.79 Å². The summed E-state index contributed by atoms with van der Waals surface area (Å²) in [7, 11) is 0. The zero-order valence-electron chi connectivity index (χ0n) is 11.0. The Morgan fingerprint density at radius 3 is 2.57 bits per heavy atom. The maximum absolute atomic E-state index is 12.0. The fourth-order valence-corrected chi connectivity index (χ4v) is 2.16. The summed E-state index contributed by atoms with van der Waals surface area (Å²) in [5.74, 6) is -1.44. The van der Waals surface area contributed by atoms with Gasteiger partial charge in [0.05, 0.1) is 17.0 Å². The highest BCUT2D eigenvalue weighted by atomic mass is 16.4. The lowest BCUT2D eigenvalue weighted by Crippen LogP contribution is -2.33. The molecule has 0 spiro atoms. The zero-order chi connectivity index (χ0) is 15.4. The molecule has 0 bridgehead atoms. The van der Waals surface area contributed by atoms with Crippen LogP contribution >= 0.6 is 0 Å². The van der Waals surface area contributed by atoms with Crippen LogP contribution in [0.5, 0.6) is 0 Å². The lowest BCUT2D eigenvalue weighted by atomic mass is 10.1. The van der Waals surface area contributed by atoms with Crippen LogP contribution in [0.25, 0.3) is 0 Å². The summed E-state index contributed by atoms with van der Waals surface area (Å²) in [5, 5.41) is 29.3. The Labute approximate surface area is 121 Å². The quantitative estimate of drug-likeness (QED) is 0.850. The Hall–Kier alpha value is -3.06. The lowest BCUT2D eigenvalue weighted by molar-refractivity contribution is -0.141. The monoisotopic (exact) mass is 284 g/mol. The van der Waals surface area contributed by atoms with Crippen molar-refractivity contribution in [3.05, 3.63) is 29.3 Å². The van der Waals surface area contributed by atoms with E-state index >= 15 is 0 Å². The average Bonchev–Trinajstić information content (AvgIpc) is 2.97. The number of nitrogens with zero attached hydrogens (tertiary/aromatic N) is 3. The van der Waals surface area contributed by atoms with Crippen LogP contribution in [0.15, 0.2) is 18.2 Å². The number of rotatable bonds is 2. The molecular formula is C14H12N4O3. The number of hydrogen-bond donors (Lipinski definition) is 2. The highest BCUT2D eigenvalue weighted by Gasteiger charge is 2.30. The van der Waals surface area contributed by atoms with Crippen LogP contribution in [0.3, 0.4) is 0 Å². The summed E-state index contributed by atoms with van der Waals surface area (Å²) in [6, 6.07) is 7.77. The van der Waals surface area contributed by atoms with Gasteiger partial charge in [0.25, 0.3) is 0 Å². The third kappa shape index (κ3) is 3.10. The maximum Gasteiger partial charge on any atom is 0.321 e. The minimum Gasteiger partial charge on any atom is -0.481 e. The highest BCUT2D eigenvalue weighted by molar-refractivity contribution is 5.90. The topological polar surface area (TPSA) is 117 Å². The molecule has 2 N–H and O–H groups in total. The van der Waals surface area contributed by atoms with Crippen LogP contribution in [0.2, 0.25) is 0 Å². The Morgan fingerprint density at radius 2 is 2.00 bits per heavy atom. The SMILES string of the molecule is N#Cc1ccc(NC(=O)N2CCC(C(=O)O)C2)cc1C#N. The summed E-state index contributed by atoms with van der Waals surface area (Å²) in [4.78, 5) is 24.3. The van der Waals surface area contributed by atoms with E-state index in [0.29, 0.717) is 18.7 Å². The Bertz CT molecular complexity index is 672. The van der Waals surface area contributed by atoms with Crippen LogP contribution in [0.1, 0.15) is 17.5 Å². The second-order valence-corrected chi connectivity index (χ2v) is 4.68. The van der Waals surface area contributed by atoms with Gasteiger partial charge in [-0.15, -0.1) is 0 Å². The van der Waals surface area contributed by atoms with Crippen molar-refractivity contribution >= 4 is 17.7 Å². The van der Waals surface area contributed by atoms with Crippen molar-refractivity contribution in [2.45, 2.75) is 6.42 Å². The smallest absolute Gasteiger partial charge is 0.321 e. The van der Waals surface area contributed by atoms with E-state index in [4.69, 9.17) is 15.6 Å². The van der Waals surface area contributed by atoms with E-state index in [-0.39, 0.29) is 17.7 Å². The first-order valence-corrected chi connectivity index (χ1v) is 6.28. The van der Waals surface area contributed by atoms with Gasteiger partial charge < -0.3 is 15.3 Å². The maximum atomic E-state index is 12.0. The number of nitriles is 2. The van der Waals surface area contributed by atoms with E-state index in [1.165, 1.54) is 23.1 Å². The molecule has 1 fully saturated rings. The number of carboxylic acid groups (broad SMARTS) is 1. The van der Waals surface area contributed by atoms with Gasteiger partial charge in [-0.05, 0) is 24.6 Å². The number of aliphatic carboxylic acids is 1. The molecule has 0 saturated carbocycles. The van der Waals surface area contributed by atoms with Crippen LogP contribution in [-0.2, 0) is 4.79 Å². The van der Waals surface area contributed by atoms with E-state index in [2.05, 4.69) is 5.32 Å². The number of urea groups is 1. The fraction of sp³-hybridized carbons (Fsp3) is 0.286. The lowest BCUT2D eigenvalue weighted by Gasteiger charge is -2.16. The molecule has 0 aliphatic carbocycles. The van der Waals surface area contributed by atoms with E-state index in [1.54, 1.807) is 0 Å². The third-order valence-corrected chi connectivity index (χ3v) is 3.34. The van der Waals surface area contributed by atoms with E-state index < -0.39 is 17.9 Å². The van der Waals surface area contributed by atoms with Gasteiger partial charge in [-0.1, -0.05) is 0 Å². The number of likely N-dealkylation sites (tertiary alicyclic amines) is 1. The van der Waals surface area contributed by atoms with Crippen molar-refractivity contribution in [1.29, 1.82) is 10.5 Å². The van der Waals surface area contributed by atoms with Crippen LogP contribution < -0.4 is 5.32 Å². The molecule has 21 heavy (non-hydrogen) atoms. The molecule has 1 aromatic carbocycles. The van der Waals surface area contributed by atoms with E-state index in [0.717, 1.165) is 0 Å². The predicted molar refractivity (Wildman–Crippen MR) is 72.2 cm³/mol. The number of carbonyl (C=O) groups is 2. The zero-order valence-corrected chi connectivity index (χ0v) is 11.0. The minimum absolute atomic E-state index is 0.169. The first kappa shape index (κ1) is 14.4. The van der Waals surface area contributed by atoms with Crippen molar-refractivity contribution in [3.8, 4) is 12.1 Å². The molecule has 1 heterocycles. The van der Waals surface area contributed by atoms with Gasteiger partial charge in [-0.2, -0.15) is 10.5 Å². The number of carboxylic acids is 1. The summed E-state index contributed by atoms with van der Waals surface area (Å²) in [5.41, 5.74) is 0.817. The van der Waals surface area contributed by atoms with Gasteiger partial charge in [0.2, 0.25) is 0 Å². The van der Waals surface area contributed by atoms with Crippen molar-refractivity contribution < 1.29 is 14.7 Å².